The van der Waals surface area contributed by atoms with Crippen molar-refractivity contribution in [1.82, 2.24) is 9.59 Å². The van der Waals surface area contributed by atoms with Gasteiger partial charge < -0.3 is 11.1 Å². The Balaban J connectivity index is 2.21. The Bertz CT molecular complexity index is 584. The molecule has 0 fully saturated rings. The number of nitrogens with zero attached hydrogens (tertiary/aromatic N) is 2. The number of anilines is 2. The zero-order valence-electron chi connectivity index (χ0n) is 9.61. The molecular formula is C11H11FN4OS. The summed E-state index contributed by atoms with van der Waals surface area (Å²) in [7, 11) is 0. The zero-order valence-corrected chi connectivity index (χ0v) is 10.4. The van der Waals surface area contributed by atoms with Crippen molar-refractivity contribution in [1.29, 1.82) is 0 Å². The monoisotopic (exact) mass is 266 g/mol. The van der Waals surface area contributed by atoms with Gasteiger partial charge in [0.15, 0.2) is 0 Å². The van der Waals surface area contributed by atoms with E-state index < -0.39 is 5.82 Å². The molecule has 1 aromatic carbocycles. The van der Waals surface area contributed by atoms with E-state index in [0.29, 0.717) is 22.7 Å². The second-order valence-corrected chi connectivity index (χ2v) is 4.34. The van der Waals surface area contributed by atoms with E-state index in [0.717, 1.165) is 17.6 Å². The molecule has 0 unspecified atom stereocenters. The maximum absolute atomic E-state index is 12.9. The molecule has 18 heavy (non-hydrogen) atoms. The number of hydrogen-bond donors (Lipinski definition) is 2. The van der Waals surface area contributed by atoms with E-state index >= 15 is 0 Å². The molecule has 3 N–H and O–H groups in total. The lowest BCUT2D eigenvalue weighted by Crippen LogP contribution is -2.13. The Kier molecular flexibility index (Phi) is 3.52. The first-order valence-corrected chi connectivity index (χ1v) is 6.06. The smallest absolute Gasteiger partial charge is 0.269 e. The quantitative estimate of drug-likeness (QED) is 0.833. The van der Waals surface area contributed by atoms with Crippen molar-refractivity contribution in [2.45, 2.75) is 13.3 Å². The number of aryl methyl sites for hydroxylation is 1. The molecule has 0 saturated heterocycles. The molecular weight excluding hydrogens is 255 g/mol. The van der Waals surface area contributed by atoms with Crippen LogP contribution in [0.4, 0.5) is 15.8 Å². The first-order valence-electron chi connectivity index (χ1n) is 5.29. The van der Waals surface area contributed by atoms with Gasteiger partial charge in [-0.05, 0) is 36.2 Å². The maximum Gasteiger partial charge on any atom is 0.269 e. The summed E-state index contributed by atoms with van der Waals surface area (Å²) >= 11 is 1.02. The fraction of sp³-hybridized carbons (Fsp3) is 0.182. The third kappa shape index (κ3) is 2.45. The number of halogens is 1. The van der Waals surface area contributed by atoms with Crippen LogP contribution in [0, 0.1) is 5.82 Å². The molecule has 0 atom stereocenters. The fourth-order valence-corrected chi connectivity index (χ4v) is 2.08. The van der Waals surface area contributed by atoms with Crippen molar-refractivity contribution in [2.24, 2.45) is 0 Å². The Morgan fingerprint density at radius 3 is 3.00 bits per heavy atom. The third-order valence-electron chi connectivity index (χ3n) is 2.36. The fourth-order valence-electron chi connectivity index (χ4n) is 1.44. The molecule has 0 aliphatic rings. The van der Waals surface area contributed by atoms with Gasteiger partial charge in [-0.1, -0.05) is 11.4 Å². The van der Waals surface area contributed by atoms with Crippen LogP contribution in [0.5, 0.6) is 0 Å². The van der Waals surface area contributed by atoms with Crippen LogP contribution in [0.15, 0.2) is 18.2 Å². The van der Waals surface area contributed by atoms with Gasteiger partial charge in [-0.2, -0.15) is 0 Å². The second-order valence-electron chi connectivity index (χ2n) is 3.59. The minimum Gasteiger partial charge on any atom is -0.397 e. The number of nitrogen functional groups attached to an aromatic ring is 1. The Labute approximate surface area is 107 Å². The summed E-state index contributed by atoms with van der Waals surface area (Å²) in [5.74, 6) is -0.778. The molecule has 1 heterocycles. The summed E-state index contributed by atoms with van der Waals surface area (Å²) in [6.07, 6.45) is 0.623. The molecule has 0 saturated carbocycles. The van der Waals surface area contributed by atoms with Gasteiger partial charge in [-0.25, -0.2) is 4.39 Å². The molecule has 2 aromatic rings. The standard InChI is InChI=1S/C11H11FN4OS/c1-2-8-10(18-16-15-8)11(17)14-9-4-3-6(12)5-7(9)13/h3-5H,2,13H2,1H3,(H,14,17). The summed E-state index contributed by atoms with van der Waals surface area (Å²) in [4.78, 5) is 12.4. The van der Waals surface area contributed by atoms with E-state index in [4.69, 9.17) is 5.73 Å². The largest absolute Gasteiger partial charge is 0.397 e. The van der Waals surface area contributed by atoms with Crippen LogP contribution in [0.2, 0.25) is 0 Å². The Morgan fingerprint density at radius 2 is 2.33 bits per heavy atom. The number of benzene rings is 1. The van der Waals surface area contributed by atoms with E-state index in [1.165, 1.54) is 12.1 Å². The number of hydrogen-bond acceptors (Lipinski definition) is 5. The van der Waals surface area contributed by atoms with Gasteiger partial charge in [-0.15, -0.1) is 5.10 Å². The van der Waals surface area contributed by atoms with Crippen LogP contribution in [0.3, 0.4) is 0 Å². The van der Waals surface area contributed by atoms with Crippen molar-refractivity contribution < 1.29 is 9.18 Å². The molecule has 1 amide bonds. The predicted molar refractivity (Wildman–Crippen MR) is 68.1 cm³/mol. The van der Waals surface area contributed by atoms with E-state index in [1.807, 2.05) is 6.92 Å². The maximum atomic E-state index is 12.9. The summed E-state index contributed by atoms with van der Waals surface area (Å²) in [5.41, 5.74) is 6.80. The summed E-state index contributed by atoms with van der Waals surface area (Å²) in [6, 6.07) is 3.81. The number of amides is 1. The first kappa shape index (κ1) is 12.4. The average Bonchev–Trinajstić information content (AvgIpc) is 2.81. The number of nitrogens with two attached hydrogens (primary N) is 1. The predicted octanol–water partition coefficient (Wildman–Crippen LogP) is 2.07. The van der Waals surface area contributed by atoms with E-state index in [2.05, 4.69) is 14.9 Å². The van der Waals surface area contributed by atoms with Crippen molar-refractivity contribution >= 4 is 28.8 Å². The van der Waals surface area contributed by atoms with Crippen molar-refractivity contribution in [3.8, 4) is 0 Å². The normalized spacial score (nSPS) is 10.3. The molecule has 0 bridgehead atoms. The van der Waals surface area contributed by atoms with Crippen molar-refractivity contribution in [3.05, 3.63) is 34.6 Å². The molecule has 7 heteroatoms. The molecule has 5 nitrogen and oxygen atoms in total. The van der Waals surface area contributed by atoms with Gasteiger partial charge in [-0.3, -0.25) is 4.79 Å². The van der Waals surface area contributed by atoms with E-state index in [9.17, 15) is 9.18 Å². The second kappa shape index (κ2) is 5.09. The lowest BCUT2D eigenvalue weighted by Gasteiger charge is -2.07. The van der Waals surface area contributed by atoms with Crippen LogP contribution in [0.1, 0.15) is 22.3 Å². The number of aromatic nitrogens is 2. The van der Waals surface area contributed by atoms with Gasteiger partial charge in [0.1, 0.15) is 10.7 Å². The van der Waals surface area contributed by atoms with Crippen LogP contribution in [-0.2, 0) is 6.42 Å². The average molecular weight is 266 g/mol. The number of nitrogens with one attached hydrogen (secondary N) is 1. The summed E-state index contributed by atoms with van der Waals surface area (Å²) < 4.78 is 16.6. The molecule has 0 aliphatic carbocycles. The van der Waals surface area contributed by atoms with Crippen LogP contribution in [-0.4, -0.2) is 15.5 Å². The number of carbonyl (C=O) groups is 1. The minimum absolute atomic E-state index is 0.180. The van der Waals surface area contributed by atoms with Crippen LogP contribution >= 0.6 is 11.5 Å². The minimum atomic E-state index is -0.445. The lowest BCUT2D eigenvalue weighted by atomic mass is 10.2. The molecule has 1 aromatic heterocycles. The number of carbonyl (C=O) groups excluding carboxylic acids is 1. The molecule has 0 radical (unpaired) electrons. The molecule has 94 valence electrons. The lowest BCUT2D eigenvalue weighted by molar-refractivity contribution is 0.102. The third-order valence-corrected chi connectivity index (χ3v) is 3.13. The van der Waals surface area contributed by atoms with E-state index in [1.54, 1.807) is 0 Å². The van der Waals surface area contributed by atoms with Crippen molar-refractivity contribution in [3.63, 3.8) is 0 Å². The van der Waals surface area contributed by atoms with Crippen molar-refractivity contribution in [2.75, 3.05) is 11.1 Å². The SMILES string of the molecule is CCc1nnsc1C(=O)Nc1ccc(F)cc1N. The van der Waals surface area contributed by atoms with Crippen LogP contribution in [0.25, 0.3) is 0 Å². The van der Waals surface area contributed by atoms with Gasteiger partial charge >= 0.3 is 0 Å². The zero-order chi connectivity index (χ0) is 13.1. The highest BCUT2D eigenvalue weighted by Crippen LogP contribution is 2.21. The van der Waals surface area contributed by atoms with Gasteiger partial charge in [0.2, 0.25) is 0 Å². The summed E-state index contributed by atoms with van der Waals surface area (Å²) in [6.45, 7) is 1.89. The summed E-state index contributed by atoms with van der Waals surface area (Å²) in [5, 5.41) is 6.46. The first-order chi connectivity index (χ1) is 8.61. The van der Waals surface area contributed by atoms with Crippen LogP contribution < -0.4 is 11.1 Å². The molecule has 0 spiro atoms. The highest BCUT2D eigenvalue weighted by atomic mass is 32.1. The Morgan fingerprint density at radius 1 is 1.56 bits per heavy atom. The molecule has 0 aliphatic heterocycles. The van der Waals surface area contributed by atoms with E-state index in [-0.39, 0.29) is 11.6 Å². The number of rotatable bonds is 3. The molecule has 2 rings (SSSR count). The topological polar surface area (TPSA) is 80.9 Å². The van der Waals surface area contributed by atoms with Gasteiger partial charge in [0.25, 0.3) is 5.91 Å². The highest BCUT2D eigenvalue weighted by molar-refractivity contribution is 7.08. The highest BCUT2D eigenvalue weighted by Gasteiger charge is 2.16. The Hall–Kier alpha value is -2.02. The van der Waals surface area contributed by atoms with Gasteiger partial charge in [0, 0.05) is 0 Å². The van der Waals surface area contributed by atoms with Gasteiger partial charge in [0.05, 0.1) is 17.1 Å².